The third kappa shape index (κ3) is 5.45. The van der Waals surface area contributed by atoms with Crippen LogP contribution in [0.4, 0.5) is 0 Å². The van der Waals surface area contributed by atoms with Gasteiger partial charge in [-0.25, -0.2) is 8.42 Å². The fraction of sp³-hybridized carbons (Fsp3) is 0.542. The minimum Gasteiger partial charge on any atom is -0.343 e. The number of hydrogen-bond donors (Lipinski definition) is 0. The number of ketones is 1. The average Bonchev–Trinajstić information content (AvgIpc) is 2.96. The fourth-order valence-electron chi connectivity index (χ4n) is 4.64. The van der Waals surface area contributed by atoms with E-state index in [0.717, 1.165) is 28.1 Å². The number of aromatic nitrogens is 1. The van der Waals surface area contributed by atoms with Crippen molar-refractivity contribution in [2.24, 2.45) is 0 Å². The van der Waals surface area contributed by atoms with E-state index in [4.69, 9.17) is 0 Å². The molecule has 1 saturated heterocycles. The third-order valence-electron chi connectivity index (χ3n) is 5.93. The average molecular weight is 446 g/mol. The van der Waals surface area contributed by atoms with E-state index < -0.39 is 10.0 Å². The van der Waals surface area contributed by atoms with Crippen molar-refractivity contribution in [2.75, 3.05) is 32.7 Å². The molecule has 2 heterocycles. The van der Waals surface area contributed by atoms with Crippen LogP contribution in [0.25, 0.3) is 0 Å². The summed E-state index contributed by atoms with van der Waals surface area (Å²) < 4.78 is 29.4. The number of benzene rings is 1. The van der Waals surface area contributed by atoms with E-state index in [1.165, 1.54) is 0 Å². The number of sulfonamides is 1. The van der Waals surface area contributed by atoms with Gasteiger partial charge in [-0.3, -0.25) is 9.69 Å². The lowest BCUT2D eigenvalue weighted by Gasteiger charge is -2.33. The first-order valence-corrected chi connectivity index (χ1v) is 12.5. The van der Waals surface area contributed by atoms with E-state index in [-0.39, 0.29) is 17.1 Å². The summed E-state index contributed by atoms with van der Waals surface area (Å²) >= 11 is 0. The van der Waals surface area contributed by atoms with E-state index in [1.54, 1.807) is 4.31 Å². The molecule has 1 fully saturated rings. The lowest BCUT2D eigenvalue weighted by molar-refractivity contribution is 0.0901. The van der Waals surface area contributed by atoms with Gasteiger partial charge in [0, 0.05) is 48.7 Å². The van der Waals surface area contributed by atoms with Crippen LogP contribution in [0, 0.1) is 20.8 Å². The fourth-order valence-corrected chi connectivity index (χ4v) is 6.14. The number of piperazine rings is 1. The predicted molar refractivity (Wildman–Crippen MR) is 125 cm³/mol. The molecule has 0 saturated carbocycles. The van der Waals surface area contributed by atoms with Crippen molar-refractivity contribution in [3.8, 4) is 0 Å². The zero-order chi connectivity index (χ0) is 23.0. The molecular weight excluding hydrogens is 410 g/mol. The van der Waals surface area contributed by atoms with Crippen molar-refractivity contribution >= 4 is 15.8 Å². The molecule has 0 atom stereocenters. The zero-order valence-electron chi connectivity index (χ0n) is 19.6. The molecule has 0 radical (unpaired) electrons. The summed E-state index contributed by atoms with van der Waals surface area (Å²) in [5.74, 6) is 0.117. The van der Waals surface area contributed by atoms with Gasteiger partial charge >= 0.3 is 0 Å². The van der Waals surface area contributed by atoms with Crippen LogP contribution < -0.4 is 0 Å². The van der Waals surface area contributed by atoms with Gasteiger partial charge in [-0.2, -0.15) is 4.31 Å². The molecule has 1 aliphatic heterocycles. The second-order valence-electron chi connectivity index (χ2n) is 9.63. The van der Waals surface area contributed by atoms with Crippen LogP contribution in [-0.4, -0.2) is 60.7 Å². The molecule has 31 heavy (non-hydrogen) atoms. The number of carbonyl (C=O) groups excluding carboxylic acids is 1. The number of hydrogen-bond acceptors (Lipinski definition) is 4. The Bertz CT molecular complexity index is 1060. The molecule has 0 unspecified atom stereocenters. The second-order valence-corrected chi connectivity index (χ2v) is 11.6. The normalized spacial score (nSPS) is 16.6. The third-order valence-corrected chi connectivity index (χ3v) is 7.78. The van der Waals surface area contributed by atoms with Crippen molar-refractivity contribution in [3.05, 3.63) is 58.4 Å². The SMILES string of the molecule is Cc1cccc(CS(=O)(=O)N2CCN(CC(=O)c3cc(C)n(C(C)(C)C)c3C)CC2)c1. The number of carbonyl (C=O) groups is 1. The van der Waals surface area contributed by atoms with E-state index >= 15 is 0 Å². The number of nitrogens with zero attached hydrogens (tertiary/aromatic N) is 3. The number of Topliss-reactive ketones (excluding diaryl/α,β-unsaturated/α-hetero) is 1. The first-order valence-electron chi connectivity index (χ1n) is 10.9. The Hall–Kier alpha value is -1.96. The highest BCUT2D eigenvalue weighted by Crippen LogP contribution is 2.25. The second kappa shape index (κ2) is 8.88. The Morgan fingerprint density at radius 2 is 1.65 bits per heavy atom. The van der Waals surface area contributed by atoms with Crippen molar-refractivity contribution in [1.29, 1.82) is 0 Å². The Kier molecular flexibility index (Phi) is 6.79. The van der Waals surface area contributed by atoms with Gasteiger partial charge in [-0.1, -0.05) is 29.8 Å². The van der Waals surface area contributed by atoms with Gasteiger partial charge in [0.1, 0.15) is 0 Å². The molecule has 2 aromatic rings. The summed E-state index contributed by atoms with van der Waals surface area (Å²) in [5, 5.41) is 0. The molecule has 0 amide bonds. The minimum absolute atomic E-state index is 0.0202. The van der Waals surface area contributed by atoms with Gasteiger partial charge in [0.2, 0.25) is 10.0 Å². The van der Waals surface area contributed by atoms with E-state index in [9.17, 15) is 13.2 Å². The monoisotopic (exact) mass is 445 g/mol. The molecule has 7 heteroatoms. The Balaban J connectivity index is 1.61. The molecule has 0 bridgehead atoms. The van der Waals surface area contributed by atoms with Crippen LogP contribution in [0.3, 0.4) is 0 Å². The Morgan fingerprint density at radius 3 is 2.19 bits per heavy atom. The van der Waals surface area contributed by atoms with Crippen molar-refractivity contribution in [2.45, 2.75) is 52.8 Å². The lowest BCUT2D eigenvalue weighted by atomic mass is 10.1. The van der Waals surface area contributed by atoms with Crippen molar-refractivity contribution < 1.29 is 13.2 Å². The molecule has 170 valence electrons. The van der Waals surface area contributed by atoms with Crippen LogP contribution in [0.1, 0.15) is 53.6 Å². The van der Waals surface area contributed by atoms with Crippen molar-refractivity contribution in [3.63, 3.8) is 0 Å². The molecule has 6 nitrogen and oxygen atoms in total. The van der Waals surface area contributed by atoms with Gasteiger partial charge in [-0.05, 0) is 53.2 Å². The Labute approximate surface area is 186 Å². The van der Waals surface area contributed by atoms with E-state index in [0.29, 0.717) is 32.7 Å². The van der Waals surface area contributed by atoms with Crippen LogP contribution in [0.15, 0.2) is 30.3 Å². The van der Waals surface area contributed by atoms with Crippen molar-refractivity contribution in [1.82, 2.24) is 13.8 Å². The maximum absolute atomic E-state index is 13.0. The van der Waals surface area contributed by atoms with Gasteiger partial charge in [0.25, 0.3) is 0 Å². The molecule has 1 aromatic carbocycles. The van der Waals surface area contributed by atoms with Gasteiger partial charge in [-0.15, -0.1) is 0 Å². The smallest absolute Gasteiger partial charge is 0.218 e. The predicted octanol–water partition coefficient (Wildman–Crippen LogP) is 3.50. The van der Waals surface area contributed by atoms with E-state index in [2.05, 4.69) is 30.2 Å². The van der Waals surface area contributed by atoms with E-state index in [1.807, 2.05) is 51.1 Å². The molecular formula is C24H35N3O3S. The standard InChI is InChI=1S/C24H35N3O3S/c1-18-8-7-9-21(14-18)17-31(29,30)26-12-10-25(11-13-26)16-23(28)22-15-19(2)27(20(22)3)24(4,5)6/h7-9,14-15H,10-13,16-17H2,1-6H3. The van der Waals surface area contributed by atoms with Crippen LogP contribution in [0.2, 0.25) is 0 Å². The molecule has 0 N–H and O–H groups in total. The maximum atomic E-state index is 13.0. The van der Waals surface area contributed by atoms with Crippen LogP contribution >= 0.6 is 0 Å². The molecule has 0 aliphatic carbocycles. The summed E-state index contributed by atoms with van der Waals surface area (Å²) in [6.07, 6.45) is 0. The summed E-state index contributed by atoms with van der Waals surface area (Å²) in [5.41, 5.74) is 4.63. The first-order chi connectivity index (χ1) is 14.4. The highest BCUT2D eigenvalue weighted by Gasteiger charge is 2.29. The largest absolute Gasteiger partial charge is 0.343 e. The van der Waals surface area contributed by atoms with Gasteiger partial charge < -0.3 is 4.57 Å². The molecule has 1 aliphatic rings. The molecule has 3 rings (SSSR count). The van der Waals surface area contributed by atoms with Gasteiger partial charge in [0.15, 0.2) is 5.78 Å². The maximum Gasteiger partial charge on any atom is 0.218 e. The summed E-state index contributed by atoms with van der Waals surface area (Å²) in [6, 6.07) is 9.60. The highest BCUT2D eigenvalue weighted by atomic mass is 32.2. The number of aryl methyl sites for hydroxylation is 2. The highest BCUT2D eigenvalue weighted by molar-refractivity contribution is 7.88. The summed E-state index contributed by atoms with van der Waals surface area (Å²) in [4.78, 5) is 15.1. The minimum atomic E-state index is -3.36. The Morgan fingerprint density at radius 1 is 1.00 bits per heavy atom. The lowest BCUT2D eigenvalue weighted by Crippen LogP contribution is -2.50. The summed E-state index contributed by atoms with van der Waals surface area (Å²) in [6.45, 7) is 14.7. The first kappa shape index (κ1) is 23.7. The molecule has 0 spiro atoms. The summed E-state index contributed by atoms with van der Waals surface area (Å²) in [7, 11) is -3.36. The molecule has 1 aromatic heterocycles. The zero-order valence-corrected chi connectivity index (χ0v) is 20.4. The quantitative estimate of drug-likeness (QED) is 0.639. The van der Waals surface area contributed by atoms with Crippen LogP contribution in [-0.2, 0) is 21.3 Å². The number of rotatable bonds is 6. The van der Waals surface area contributed by atoms with Crippen LogP contribution in [0.5, 0.6) is 0 Å². The topological polar surface area (TPSA) is 62.6 Å². The van der Waals surface area contributed by atoms with Gasteiger partial charge in [0.05, 0.1) is 12.3 Å².